The van der Waals surface area contributed by atoms with Gasteiger partial charge in [0.1, 0.15) is 5.71 Å². The molecule has 1 aliphatic heterocycles. The van der Waals surface area contributed by atoms with Gasteiger partial charge >= 0.3 is 0 Å². The molecule has 3 N–H and O–H groups in total. The molecule has 2 amide bonds. The first-order chi connectivity index (χ1) is 12.9. The van der Waals surface area contributed by atoms with Crippen LogP contribution in [0.5, 0.6) is 0 Å². The van der Waals surface area contributed by atoms with Crippen LogP contribution < -0.4 is 10.7 Å². The molecule has 0 radical (unpaired) electrons. The van der Waals surface area contributed by atoms with Crippen molar-refractivity contribution in [2.45, 2.75) is 13.8 Å². The lowest BCUT2D eigenvalue weighted by Crippen LogP contribution is -2.31. The Bertz CT molecular complexity index is 922. The average Bonchev–Trinajstić information content (AvgIpc) is 3.30. The maximum Gasteiger partial charge on any atom is 0.273 e. The van der Waals surface area contributed by atoms with Crippen molar-refractivity contribution in [1.82, 2.24) is 20.6 Å². The molecule has 0 saturated heterocycles. The Labute approximate surface area is 162 Å². The third-order valence-corrected chi connectivity index (χ3v) is 5.24. The predicted molar refractivity (Wildman–Crippen MR) is 108 cm³/mol. The standard InChI is InChI=1S/C19H23N5O2S/c1-11-14(21-12(2)16(11)19(26)20-7-8-24(3)4)10-13-17(22-23-18(13)25)15-6-5-9-27-15/h5-6,9-10,21H,7-8H2,1-4H3,(H,20,26)(H,23,25)/b13-10+. The number of hydrazone groups is 1. The van der Waals surface area contributed by atoms with Crippen molar-refractivity contribution >= 4 is 34.9 Å². The first kappa shape index (κ1) is 19.1. The number of amides is 2. The zero-order chi connectivity index (χ0) is 19.6. The second-order valence-corrected chi connectivity index (χ2v) is 7.61. The molecule has 0 aromatic carbocycles. The summed E-state index contributed by atoms with van der Waals surface area (Å²) in [6, 6.07) is 3.84. The van der Waals surface area contributed by atoms with Crippen molar-refractivity contribution in [1.29, 1.82) is 0 Å². The van der Waals surface area contributed by atoms with Gasteiger partial charge in [-0.15, -0.1) is 11.3 Å². The number of rotatable bonds is 6. The minimum Gasteiger partial charge on any atom is -0.358 e. The Morgan fingerprint density at radius 2 is 2.15 bits per heavy atom. The number of likely N-dealkylation sites (N-methyl/N-ethyl adjacent to an activating group) is 1. The number of carbonyl (C=O) groups is 2. The fraction of sp³-hybridized carbons (Fsp3) is 0.316. The van der Waals surface area contributed by atoms with Gasteiger partial charge in [0.05, 0.1) is 16.0 Å². The van der Waals surface area contributed by atoms with Gasteiger partial charge < -0.3 is 15.2 Å². The third-order valence-electron chi connectivity index (χ3n) is 4.36. The molecule has 0 atom stereocenters. The molecule has 8 heteroatoms. The number of nitrogens with zero attached hydrogens (tertiary/aromatic N) is 2. The fourth-order valence-electron chi connectivity index (χ4n) is 2.95. The van der Waals surface area contributed by atoms with Crippen LogP contribution in [0.4, 0.5) is 0 Å². The Kier molecular flexibility index (Phi) is 5.57. The molecule has 142 valence electrons. The molecule has 3 heterocycles. The average molecular weight is 385 g/mol. The van der Waals surface area contributed by atoms with E-state index in [1.165, 1.54) is 11.3 Å². The van der Waals surface area contributed by atoms with Crippen LogP contribution in [0.3, 0.4) is 0 Å². The minimum atomic E-state index is -0.248. The third kappa shape index (κ3) is 4.01. The number of hydrogen-bond donors (Lipinski definition) is 3. The van der Waals surface area contributed by atoms with E-state index in [4.69, 9.17) is 0 Å². The molecular weight excluding hydrogens is 362 g/mol. The van der Waals surface area contributed by atoms with Crippen LogP contribution in [-0.2, 0) is 4.79 Å². The van der Waals surface area contributed by atoms with E-state index in [1.54, 1.807) is 6.08 Å². The van der Waals surface area contributed by atoms with Crippen molar-refractivity contribution < 1.29 is 9.59 Å². The van der Waals surface area contributed by atoms with Crippen molar-refractivity contribution in [2.24, 2.45) is 5.10 Å². The SMILES string of the molecule is Cc1[nH]c(/C=C2/C(=O)NN=C2c2cccs2)c(C)c1C(=O)NCCN(C)C. The monoisotopic (exact) mass is 385 g/mol. The highest BCUT2D eigenvalue weighted by Crippen LogP contribution is 2.24. The van der Waals surface area contributed by atoms with Gasteiger partial charge in [-0.25, -0.2) is 5.43 Å². The number of H-pyrrole nitrogens is 1. The maximum atomic E-state index is 12.6. The lowest BCUT2D eigenvalue weighted by Gasteiger charge is -2.10. The first-order valence-electron chi connectivity index (χ1n) is 8.64. The lowest BCUT2D eigenvalue weighted by atomic mass is 10.0. The van der Waals surface area contributed by atoms with Crippen molar-refractivity contribution in [3.8, 4) is 0 Å². The molecular formula is C19H23N5O2S. The fourth-order valence-corrected chi connectivity index (χ4v) is 3.68. The van der Waals surface area contributed by atoms with Gasteiger partial charge in [-0.05, 0) is 51.0 Å². The summed E-state index contributed by atoms with van der Waals surface area (Å²) in [5, 5.41) is 9.03. The van der Waals surface area contributed by atoms with Gasteiger partial charge in [0, 0.05) is 24.5 Å². The second kappa shape index (κ2) is 7.89. The Balaban J connectivity index is 1.88. The summed E-state index contributed by atoms with van der Waals surface area (Å²) >= 11 is 1.52. The topological polar surface area (TPSA) is 89.6 Å². The molecule has 2 aromatic heterocycles. The van der Waals surface area contributed by atoms with E-state index in [2.05, 4.69) is 20.8 Å². The van der Waals surface area contributed by atoms with Crippen LogP contribution in [0.15, 0.2) is 28.2 Å². The van der Waals surface area contributed by atoms with Gasteiger partial charge in [0.2, 0.25) is 0 Å². The summed E-state index contributed by atoms with van der Waals surface area (Å²) in [5.41, 5.74) is 6.57. The van der Waals surface area contributed by atoms with E-state index >= 15 is 0 Å². The quantitative estimate of drug-likeness (QED) is 0.664. The zero-order valence-electron chi connectivity index (χ0n) is 15.8. The predicted octanol–water partition coefficient (Wildman–Crippen LogP) is 1.90. The van der Waals surface area contributed by atoms with E-state index in [1.807, 2.05) is 50.4 Å². The molecule has 0 fully saturated rings. The highest BCUT2D eigenvalue weighted by Gasteiger charge is 2.26. The van der Waals surface area contributed by atoms with Gasteiger partial charge in [0.25, 0.3) is 11.8 Å². The number of aromatic amines is 1. The molecule has 0 aliphatic carbocycles. The van der Waals surface area contributed by atoms with Gasteiger partial charge in [-0.2, -0.15) is 5.10 Å². The largest absolute Gasteiger partial charge is 0.358 e. The smallest absolute Gasteiger partial charge is 0.273 e. The molecule has 0 bridgehead atoms. The molecule has 27 heavy (non-hydrogen) atoms. The number of aryl methyl sites for hydroxylation is 1. The summed E-state index contributed by atoms with van der Waals surface area (Å²) in [6.07, 6.45) is 1.76. The summed E-state index contributed by atoms with van der Waals surface area (Å²) in [7, 11) is 3.92. The highest BCUT2D eigenvalue weighted by molar-refractivity contribution is 7.12. The molecule has 0 spiro atoms. The Hall–Kier alpha value is -2.71. The molecule has 3 rings (SSSR count). The Morgan fingerprint density at radius 3 is 2.81 bits per heavy atom. The van der Waals surface area contributed by atoms with Gasteiger partial charge in [0.15, 0.2) is 0 Å². The Morgan fingerprint density at radius 1 is 1.37 bits per heavy atom. The van der Waals surface area contributed by atoms with Crippen LogP contribution in [0.2, 0.25) is 0 Å². The zero-order valence-corrected chi connectivity index (χ0v) is 16.7. The number of nitrogens with one attached hydrogen (secondary N) is 3. The first-order valence-corrected chi connectivity index (χ1v) is 9.52. The van der Waals surface area contributed by atoms with Crippen LogP contribution >= 0.6 is 11.3 Å². The van der Waals surface area contributed by atoms with Gasteiger partial charge in [-0.3, -0.25) is 9.59 Å². The minimum absolute atomic E-state index is 0.115. The van der Waals surface area contributed by atoms with Crippen LogP contribution in [0.25, 0.3) is 6.08 Å². The summed E-state index contributed by atoms with van der Waals surface area (Å²) in [6.45, 7) is 5.08. The lowest BCUT2D eigenvalue weighted by molar-refractivity contribution is -0.116. The van der Waals surface area contributed by atoms with E-state index in [0.717, 1.165) is 28.4 Å². The van der Waals surface area contributed by atoms with Crippen LogP contribution in [0.1, 0.15) is 32.2 Å². The van der Waals surface area contributed by atoms with Crippen LogP contribution in [-0.4, -0.2) is 54.6 Å². The highest BCUT2D eigenvalue weighted by atomic mass is 32.1. The molecule has 0 saturated carbocycles. The van der Waals surface area contributed by atoms with E-state index in [9.17, 15) is 9.59 Å². The molecule has 0 unspecified atom stereocenters. The maximum absolute atomic E-state index is 12.6. The van der Waals surface area contributed by atoms with Gasteiger partial charge in [-0.1, -0.05) is 6.07 Å². The number of carbonyl (C=O) groups excluding carboxylic acids is 2. The number of aromatic nitrogens is 1. The second-order valence-electron chi connectivity index (χ2n) is 6.66. The normalized spacial score (nSPS) is 15.4. The van der Waals surface area contributed by atoms with Crippen molar-refractivity contribution in [2.75, 3.05) is 27.2 Å². The van der Waals surface area contributed by atoms with E-state index < -0.39 is 0 Å². The van der Waals surface area contributed by atoms with E-state index in [-0.39, 0.29) is 11.8 Å². The molecule has 1 aliphatic rings. The number of thiophene rings is 1. The van der Waals surface area contributed by atoms with Crippen molar-refractivity contribution in [3.63, 3.8) is 0 Å². The van der Waals surface area contributed by atoms with Crippen LogP contribution in [0, 0.1) is 13.8 Å². The summed E-state index contributed by atoms with van der Waals surface area (Å²) in [4.78, 5) is 31.0. The summed E-state index contributed by atoms with van der Waals surface area (Å²) in [5.74, 6) is -0.363. The van der Waals surface area contributed by atoms with E-state index in [0.29, 0.717) is 23.4 Å². The van der Waals surface area contributed by atoms with Crippen molar-refractivity contribution in [3.05, 3.63) is 50.5 Å². The molecule has 2 aromatic rings. The molecule has 7 nitrogen and oxygen atoms in total. The summed E-state index contributed by atoms with van der Waals surface area (Å²) < 4.78 is 0. The number of hydrogen-bond acceptors (Lipinski definition) is 5.